The highest BCUT2D eigenvalue weighted by atomic mass is 35.5. The van der Waals surface area contributed by atoms with Crippen molar-refractivity contribution in [2.45, 2.75) is 58.4 Å². The van der Waals surface area contributed by atoms with E-state index in [1.807, 2.05) is 13.8 Å². The summed E-state index contributed by atoms with van der Waals surface area (Å²) >= 11 is 0. The first kappa shape index (κ1) is 17.4. The first-order valence-electron chi connectivity index (χ1n) is 6.68. The van der Waals surface area contributed by atoms with E-state index in [0.717, 1.165) is 13.1 Å². The molecule has 0 amide bonds. The van der Waals surface area contributed by atoms with Gasteiger partial charge in [0.05, 0.1) is 23.8 Å². The van der Waals surface area contributed by atoms with Gasteiger partial charge in [-0.1, -0.05) is 5.16 Å². The SMILES string of the molecule is CC1CN(Cc2nc(C(C)(C)N)no2)CC(C)(C)O1.Cl. The van der Waals surface area contributed by atoms with Crippen LogP contribution in [0, 0.1) is 0 Å². The molecule has 0 aromatic carbocycles. The number of hydrogen-bond donors (Lipinski definition) is 1. The third kappa shape index (κ3) is 4.41. The summed E-state index contributed by atoms with van der Waals surface area (Å²) in [6.07, 6.45) is 0.206. The van der Waals surface area contributed by atoms with Crippen molar-refractivity contribution < 1.29 is 9.26 Å². The molecule has 0 bridgehead atoms. The van der Waals surface area contributed by atoms with E-state index < -0.39 is 5.54 Å². The predicted molar refractivity (Wildman–Crippen MR) is 78.7 cm³/mol. The Morgan fingerprint density at radius 1 is 1.45 bits per heavy atom. The van der Waals surface area contributed by atoms with Crippen molar-refractivity contribution in [3.63, 3.8) is 0 Å². The maximum Gasteiger partial charge on any atom is 0.240 e. The van der Waals surface area contributed by atoms with E-state index in [0.29, 0.717) is 18.3 Å². The lowest BCUT2D eigenvalue weighted by Gasteiger charge is -2.41. The largest absolute Gasteiger partial charge is 0.370 e. The van der Waals surface area contributed by atoms with Crippen molar-refractivity contribution in [1.29, 1.82) is 0 Å². The molecule has 1 atom stereocenters. The Labute approximate surface area is 126 Å². The molecule has 2 rings (SSSR count). The second-order valence-electron chi connectivity index (χ2n) is 6.59. The lowest BCUT2D eigenvalue weighted by Crippen LogP contribution is -2.51. The smallest absolute Gasteiger partial charge is 0.240 e. The molecule has 6 nitrogen and oxygen atoms in total. The van der Waals surface area contributed by atoms with Gasteiger partial charge in [-0.2, -0.15) is 4.98 Å². The predicted octanol–water partition coefficient (Wildman–Crippen LogP) is 1.68. The van der Waals surface area contributed by atoms with Crippen LogP contribution in [0.15, 0.2) is 4.52 Å². The highest BCUT2D eigenvalue weighted by Gasteiger charge is 2.32. The quantitative estimate of drug-likeness (QED) is 0.915. The van der Waals surface area contributed by atoms with Crippen molar-refractivity contribution in [3.05, 3.63) is 11.7 Å². The van der Waals surface area contributed by atoms with Gasteiger partial charge in [-0.25, -0.2) is 0 Å². The molecule has 0 radical (unpaired) electrons. The van der Waals surface area contributed by atoms with E-state index in [2.05, 4.69) is 35.8 Å². The molecule has 7 heteroatoms. The summed E-state index contributed by atoms with van der Waals surface area (Å²) in [6.45, 7) is 12.4. The second-order valence-corrected chi connectivity index (χ2v) is 6.59. The molecule has 2 heterocycles. The highest BCUT2D eigenvalue weighted by Crippen LogP contribution is 2.22. The molecule has 1 aliphatic rings. The number of ether oxygens (including phenoxy) is 1. The summed E-state index contributed by atoms with van der Waals surface area (Å²) in [4.78, 5) is 6.64. The minimum Gasteiger partial charge on any atom is -0.370 e. The van der Waals surface area contributed by atoms with Crippen LogP contribution in [0.25, 0.3) is 0 Å². The van der Waals surface area contributed by atoms with Gasteiger partial charge in [-0.3, -0.25) is 4.90 Å². The molecule has 20 heavy (non-hydrogen) atoms. The van der Waals surface area contributed by atoms with Crippen LogP contribution in [0.2, 0.25) is 0 Å². The average Bonchev–Trinajstić information content (AvgIpc) is 2.61. The van der Waals surface area contributed by atoms with Crippen LogP contribution in [0.3, 0.4) is 0 Å². The molecule has 0 spiro atoms. The number of hydrogen-bond acceptors (Lipinski definition) is 6. The Balaban J connectivity index is 0.00000200. The highest BCUT2D eigenvalue weighted by molar-refractivity contribution is 5.85. The third-order valence-electron chi connectivity index (χ3n) is 3.04. The number of halogens is 1. The second kappa shape index (κ2) is 5.97. The molecule has 116 valence electrons. The summed E-state index contributed by atoms with van der Waals surface area (Å²) in [5.74, 6) is 1.15. The molecule has 1 saturated heterocycles. The summed E-state index contributed by atoms with van der Waals surface area (Å²) in [7, 11) is 0. The Kier molecular flexibility index (Phi) is 5.18. The van der Waals surface area contributed by atoms with Crippen molar-refractivity contribution in [1.82, 2.24) is 15.0 Å². The molecule has 1 fully saturated rings. The van der Waals surface area contributed by atoms with Crippen molar-refractivity contribution in [3.8, 4) is 0 Å². The minimum absolute atomic E-state index is 0. The molecule has 1 unspecified atom stereocenters. The fourth-order valence-electron chi connectivity index (χ4n) is 2.48. The van der Waals surface area contributed by atoms with E-state index in [4.69, 9.17) is 15.0 Å². The van der Waals surface area contributed by atoms with E-state index in [1.54, 1.807) is 0 Å². The zero-order valence-electron chi connectivity index (χ0n) is 12.8. The van der Waals surface area contributed by atoms with Crippen LogP contribution in [0.4, 0.5) is 0 Å². The topological polar surface area (TPSA) is 77.4 Å². The summed E-state index contributed by atoms with van der Waals surface area (Å²) in [6, 6.07) is 0. The van der Waals surface area contributed by atoms with E-state index in [-0.39, 0.29) is 24.1 Å². The van der Waals surface area contributed by atoms with Crippen molar-refractivity contribution >= 4 is 12.4 Å². The van der Waals surface area contributed by atoms with Crippen LogP contribution in [0.5, 0.6) is 0 Å². The zero-order valence-corrected chi connectivity index (χ0v) is 13.7. The number of nitrogens with zero attached hydrogens (tertiary/aromatic N) is 3. The summed E-state index contributed by atoms with van der Waals surface area (Å²) in [5, 5.41) is 3.94. The van der Waals surface area contributed by atoms with Gasteiger partial charge in [0.2, 0.25) is 5.89 Å². The summed E-state index contributed by atoms with van der Waals surface area (Å²) < 4.78 is 11.1. The molecule has 1 aliphatic heterocycles. The first-order valence-corrected chi connectivity index (χ1v) is 6.68. The summed E-state index contributed by atoms with van der Waals surface area (Å²) in [5.41, 5.74) is 5.23. The van der Waals surface area contributed by atoms with E-state index >= 15 is 0 Å². The molecule has 1 aromatic rings. The normalized spacial score (nSPS) is 23.4. The Hall–Kier alpha value is -0.690. The van der Waals surface area contributed by atoms with Gasteiger partial charge in [-0.15, -0.1) is 12.4 Å². The lowest BCUT2D eigenvalue weighted by atomic mass is 10.1. The molecule has 2 N–H and O–H groups in total. The van der Waals surface area contributed by atoms with Gasteiger partial charge in [0, 0.05) is 13.1 Å². The van der Waals surface area contributed by atoms with Crippen LogP contribution in [-0.2, 0) is 16.8 Å². The Bertz CT molecular complexity index is 442. The van der Waals surface area contributed by atoms with Crippen molar-refractivity contribution in [2.24, 2.45) is 5.73 Å². The fraction of sp³-hybridized carbons (Fsp3) is 0.846. The van der Waals surface area contributed by atoms with Crippen molar-refractivity contribution in [2.75, 3.05) is 13.1 Å². The van der Waals surface area contributed by atoms with Gasteiger partial charge >= 0.3 is 0 Å². The van der Waals surface area contributed by atoms with Gasteiger partial charge in [0.25, 0.3) is 0 Å². The third-order valence-corrected chi connectivity index (χ3v) is 3.04. The Morgan fingerprint density at radius 2 is 2.10 bits per heavy atom. The van der Waals surface area contributed by atoms with Crippen LogP contribution in [0.1, 0.15) is 46.3 Å². The van der Waals surface area contributed by atoms with E-state index in [9.17, 15) is 0 Å². The maximum absolute atomic E-state index is 5.95. The first-order chi connectivity index (χ1) is 8.66. The molecule has 1 aromatic heterocycles. The molecular formula is C13H25ClN4O2. The van der Waals surface area contributed by atoms with Gasteiger partial charge in [-0.05, 0) is 34.6 Å². The number of morpholine rings is 1. The molecule has 0 aliphatic carbocycles. The average molecular weight is 305 g/mol. The maximum atomic E-state index is 5.95. The van der Waals surface area contributed by atoms with Gasteiger partial charge in [0.15, 0.2) is 5.82 Å². The molecule has 0 saturated carbocycles. The van der Waals surface area contributed by atoms with Crippen LogP contribution in [-0.4, -0.2) is 39.8 Å². The Morgan fingerprint density at radius 3 is 2.60 bits per heavy atom. The fourth-order valence-corrected chi connectivity index (χ4v) is 2.48. The monoisotopic (exact) mass is 304 g/mol. The number of aromatic nitrogens is 2. The standard InChI is InChI=1S/C13H24N4O2.ClH/c1-9-6-17(8-12(2,3)18-9)7-10-15-11(16-19-10)13(4,5)14;/h9H,6-8,14H2,1-5H3;1H. The van der Waals surface area contributed by atoms with Gasteiger partial charge in [0.1, 0.15) is 0 Å². The van der Waals surface area contributed by atoms with Crippen LogP contribution < -0.4 is 5.73 Å². The minimum atomic E-state index is -0.570. The zero-order chi connectivity index (χ0) is 14.3. The lowest BCUT2D eigenvalue weighted by molar-refractivity contribution is -0.132. The van der Waals surface area contributed by atoms with E-state index in [1.165, 1.54) is 0 Å². The van der Waals surface area contributed by atoms with Crippen LogP contribution >= 0.6 is 12.4 Å². The number of rotatable bonds is 3. The number of nitrogens with two attached hydrogens (primary N) is 1. The molecular weight excluding hydrogens is 280 g/mol. The van der Waals surface area contributed by atoms with Gasteiger partial charge < -0.3 is 15.0 Å².